The molecule has 2 N–H and O–H groups in total. The molecule has 31 heavy (non-hydrogen) atoms. The summed E-state index contributed by atoms with van der Waals surface area (Å²) in [5.41, 5.74) is 4.62. The van der Waals surface area contributed by atoms with Crippen LogP contribution >= 0.6 is 0 Å². The van der Waals surface area contributed by atoms with Crippen LogP contribution in [0.5, 0.6) is 0 Å². The summed E-state index contributed by atoms with van der Waals surface area (Å²) in [5.74, 6) is 0.589. The van der Waals surface area contributed by atoms with E-state index in [1.54, 1.807) is 30.5 Å². The molecule has 154 valence electrons. The Morgan fingerprint density at radius 3 is 2.90 bits per heavy atom. The van der Waals surface area contributed by atoms with E-state index in [4.69, 9.17) is 4.52 Å². The second-order valence-corrected chi connectivity index (χ2v) is 7.22. The molecule has 5 aromatic rings. The van der Waals surface area contributed by atoms with Gasteiger partial charge >= 0.3 is 0 Å². The summed E-state index contributed by atoms with van der Waals surface area (Å²) in [5, 5.41) is 15.4. The van der Waals surface area contributed by atoms with Crippen molar-refractivity contribution in [3.05, 3.63) is 72.3 Å². The number of hydrogen-bond donors (Lipinski definition) is 2. The van der Waals surface area contributed by atoms with E-state index in [1.165, 1.54) is 0 Å². The highest BCUT2D eigenvalue weighted by Crippen LogP contribution is 2.27. The molecule has 0 fully saturated rings. The summed E-state index contributed by atoms with van der Waals surface area (Å²) in [4.78, 5) is 22.7. The van der Waals surface area contributed by atoms with Crippen LogP contribution in [0.2, 0.25) is 0 Å². The molecule has 9 nitrogen and oxygen atoms in total. The minimum absolute atomic E-state index is 0.0386. The van der Waals surface area contributed by atoms with Crippen LogP contribution in [0.15, 0.2) is 65.6 Å². The number of amides is 1. The van der Waals surface area contributed by atoms with E-state index < -0.39 is 0 Å². The van der Waals surface area contributed by atoms with Crippen molar-refractivity contribution in [1.29, 1.82) is 0 Å². The Hall–Kier alpha value is -4.27. The molecule has 0 radical (unpaired) electrons. The fourth-order valence-electron chi connectivity index (χ4n) is 3.40. The van der Waals surface area contributed by atoms with Crippen LogP contribution in [-0.4, -0.2) is 43.2 Å². The lowest BCUT2D eigenvalue weighted by Crippen LogP contribution is -2.27. The zero-order valence-corrected chi connectivity index (χ0v) is 16.7. The lowest BCUT2D eigenvalue weighted by molar-refractivity contribution is -0.129. The van der Waals surface area contributed by atoms with Crippen LogP contribution in [-0.2, 0) is 17.8 Å². The normalized spacial score (nSPS) is 11.1. The maximum Gasteiger partial charge on any atom is 0.228 e. The number of rotatable bonds is 6. The molecule has 0 aliphatic heterocycles. The number of hydrogen-bond acceptors (Lipinski definition) is 7. The molecule has 0 spiro atoms. The zero-order chi connectivity index (χ0) is 21.2. The van der Waals surface area contributed by atoms with Gasteiger partial charge in [0.15, 0.2) is 11.4 Å². The molecule has 5 rings (SSSR count). The molecule has 0 unspecified atom stereocenters. The zero-order valence-electron chi connectivity index (χ0n) is 16.7. The molecule has 1 amide bonds. The predicted octanol–water partition coefficient (Wildman–Crippen LogP) is 3.44. The SMILES string of the molecule is CN(Cc1ccncc1)C(=O)Cc1noc2cc(Nc3n[nH]c4cccnc34)ccc12. The molecule has 0 saturated carbocycles. The quantitative estimate of drug-likeness (QED) is 0.438. The summed E-state index contributed by atoms with van der Waals surface area (Å²) < 4.78 is 5.48. The number of pyridine rings is 2. The third kappa shape index (κ3) is 3.80. The molecule has 4 aromatic heterocycles. The summed E-state index contributed by atoms with van der Waals surface area (Å²) in [6, 6.07) is 13.2. The van der Waals surface area contributed by atoms with Crippen LogP contribution in [0.25, 0.3) is 22.0 Å². The van der Waals surface area contributed by atoms with Gasteiger partial charge in [-0.25, -0.2) is 0 Å². The van der Waals surface area contributed by atoms with E-state index in [2.05, 4.69) is 30.6 Å². The predicted molar refractivity (Wildman–Crippen MR) is 116 cm³/mol. The van der Waals surface area contributed by atoms with Crippen molar-refractivity contribution in [2.75, 3.05) is 12.4 Å². The van der Waals surface area contributed by atoms with E-state index in [-0.39, 0.29) is 12.3 Å². The second kappa shape index (κ2) is 7.86. The van der Waals surface area contributed by atoms with E-state index >= 15 is 0 Å². The molecule has 9 heteroatoms. The smallest absolute Gasteiger partial charge is 0.228 e. The first-order valence-electron chi connectivity index (χ1n) is 9.74. The molecule has 1 aromatic carbocycles. The van der Waals surface area contributed by atoms with Gasteiger partial charge in [-0.2, -0.15) is 5.10 Å². The van der Waals surface area contributed by atoms with E-state index in [1.807, 2.05) is 42.5 Å². The van der Waals surface area contributed by atoms with Crippen molar-refractivity contribution >= 4 is 39.4 Å². The number of H-pyrrole nitrogens is 1. The number of carbonyl (C=O) groups is 1. The van der Waals surface area contributed by atoms with Crippen LogP contribution in [0.1, 0.15) is 11.3 Å². The highest BCUT2D eigenvalue weighted by molar-refractivity contribution is 5.91. The van der Waals surface area contributed by atoms with Gasteiger partial charge in [0.1, 0.15) is 11.2 Å². The first-order chi connectivity index (χ1) is 15.2. The van der Waals surface area contributed by atoms with E-state index in [9.17, 15) is 4.79 Å². The fourth-order valence-corrected chi connectivity index (χ4v) is 3.40. The number of benzene rings is 1. The lowest BCUT2D eigenvalue weighted by atomic mass is 10.1. The number of anilines is 2. The van der Waals surface area contributed by atoms with Crippen LogP contribution in [0.3, 0.4) is 0 Å². The van der Waals surface area contributed by atoms with Crippen LogP contribution in [0.4, 0.5) is 11.5 Å². The van der Waals surface area contributed by atoms with E-state index in [0.717, 1.165) is 27.7 Å². The van der Waals surface area contributed by atoms with E-state index in [0.29, 0.717) is 23.6 Å². The van der Waals surface area contributed by atoms with Gasteiger partial charge in [0, 0.05) is 49.3 Å². The second-order valence-electron chi connectivity index (χ2n) is 7.22. The molecule has 0 aliphatic rings. The minimum Gasteiger partial charge on any atom is -0.356 e. The molecular formula is C22H19N7O2. The highest BCUT2D eigenvalue weighted by Gasteiger charge is 2.17. The van der Waals surface area contributed by atoms with Crippen molar-refractivity contribution in [3.8, 4) is 0 Å². The van der Waals surface area contributed by atoms with Gasteiger partial charge in [0.2, 0.25) is 5.91 Å². The van der Waals surface area contributed by atoms with Gasteiger partial charge < -0.3 is 14.7 Å². The van der Waals surface area contributed by atoms with Crippen molar-refractivity contribution < 1.29 is 9.32 Å². The molecule has 0 bridgehead atoms. The van der Waals surface area contributed by atoms with Gasteiger partial charge in [-0.05, 0) is 42.0 Å². The standard InChI is InChI=1S/C22H19N7O2/c1-29(13-14-6-9-23-10-7-14)20(30)12-18-16-5-4-15(11-19(16)31-28-18)25-22-21-17(26-27-22)3-2-8-24-21/h2-11H,12-13H2,1H3,(H2,25,26,27). The lowest BCUT2D eigenvalue weighted by Gasteiger charge is -2.16. The summed E-state index contributed by atoms with van der Waals surface area (Å²) in [6.07, 6.45) is 5.31. The Morgan fingerprint density at radius 2 is 2.03 bits per heavy atom. The third-order valence-corrected chi connectivity index (χ3v) is 5.04. The van der Waals surface area contributed by atoms with Gasteiger partial charge in [-0.3, -0.25) is 19.9 Å². The summed E-state index contributed by atoms with van der Waals surface area (Å²) in [7, 11) is 1.77. The Bertz CT molecular complexity index is 1360. The Morgan fingerprint density at radius 1 is 1.16 bits per heavy atom. The molecule has 0 atom stereocenters. The van der Waals surface area contributed by atoms with Crippen LogP contribution in [0, 0.1) is 0 Å². The van der Waals surface area contributed by atoms with Crippen molar-refractivity contribution in [2.45, 2.75) is 13.0 Å². The first-order valence-corrected chi connectivity index (χ1v) is 9.74. The highest BCUT2D eigenvalue weighted by atomic mass is 16.5. The van der Waals surface area contributed by atoms with Crippen molar-refractivity contribution in [2.24, 2.45) is 0 Å². The number of fused-ring (bicyclic) bond motifs is 2. The fraction of sp³-hybridized carbons (Fsp3) is 0.136. The molecule has 4 heterocycles. The Labute approximate surface area is 177 Å². The largest absolute Gasteiger partial charge is 0.356 e. The number of carbonyl (C=O) groups excluding carboxylic acids is 1. The molecule has 0 saturated heterocycles. The number of nitrogens with zero attached hydrogens (tertiary/aromatic N) is 5. The number of likely N-dealkylation sites (N-methyl/N-ethyl adjacent to an activating group) is 1. The number of nitrogens with one attached hydrogen (secondary N) is 2. The maximum absolute atomic E-state index is 12.7. The minimum atomic E-state index is -0.0386. The monoisotopic (exact) mass is 413 g/mol. The van der Waals surface area contributed by atoms with Crippen molar-refractivity contribution in [3.63, 3.8) is 0 Å². The van der Waals surface area contributed by atoms with Crippen molar-refractivity contribution in [1.82, 2.24) is 30.2 Å². The average molecular weight is 413 g/mol. The molecule has 0 aliphatic carbocycles. The molecular weight excluding hydrogens is 394 g/mol. The topological polar surface area (TPSA) is 113 Å². The summed E-state index contributed by atoms with van der Waals surface area (Å²) >= 11 is 0. The van der Waals surface area contributed by atoms with Gasteiger partial charge in [0.05, 0.1) is 11.9 Å². The Balaban J connectivity index is 1.31. The Kier molecular flexibility index (Phi) is 4.75. The van der Waals surface area contributed by atoms with Gasteiger partial charge in [0.25, 0.3) is 0 Å². The third-order valence-electron chi connectivity index (χ3n) is 5.04. The number of aromatic nitrogens is 5. The number of aromatic amines is 1. The van der Waals surface area contributed by atoms with Crippen LogP contribution < -0.4 is 5.32 Å². The van der Waals surface area contributed by atoms with Gasteiger partial charge in [-0.1, -0.05) is 5.16 Å². The average Bonchev–Trinajstić information content (AvgIpc) is 3.38. The van der Waals surface area contributed by atoms with Gasteiger partial charge in [-0.15, -0.1) is 0 Å². The first kappa shape index (κ1) is 18.7. The summed E-state index contributed by atoms with van der Waals surface area (Å²) in [6.45, 7) is 0.511. The maximum atomic E-state index is 12.7.